The molecule has 1 aliphatic heterocycles. The molecule has 2 nitrogen and oxygen atoms in total. The predicted molar refractivity (Wildman–Crippen MR) is 72.3 cm³/mol. The van der Waals surface area contributed by atoms with Crippen molar-refractivity contribution < 1.29 is 8.42 Å². The Morgan fingerprint density at radius 3 is 2.50 bits per heavy atom. The van der Waals surface area contributed by atoms with Crippen molar-refractivity contribution in [3.8, 4) is 0 Å². The molecule has 4 heteroatoms. The second kappa shape index (κ2) is 7.38. The zero-order chi connectivity index (χ0) is 11.9. The van der Waals surface area contributed by atoms with Gasteiger partial charge in [-0.1, -0.05) is 39.0 Å². The molecule has 0 aromatic heterocycles. The third kappa shape index (κ3) is 5.94. The van der Waals surface area contributed by atoms with Crippen molar-refractivity contribution >= 4 is 21.6 Å². The van der Waals surface area contributed by atoms with E-state index in [-0.39, 0.29) is 0 Å². The minimum atomic E-state index is -2.83. The molecule has 0 aromatic rings. The van der Waals surface area contributed by atoms with E-state index in [1.165, 1.54) is 43.9 Å². The van der Waals surface area contributed by atoms with E-state index in [0.717, 1.165) is 17.1 Å². The van der Waals surface area contributed by atoms with Gasteiger partial charge in [-0.25, -0.2) is 8.42 Å². The van der Waals surface area contributed by atoms with Gasteiger partial charge in [-0.05, 0) is 23.5 Å². The van der Waals surface area contributed by atoms with Gasteiger partial charge in [-0.3, -0.25) is 0 Å². The van der Waals surface area contributed by atoms with Crippen molar-refractivity contribution in [2.45, 2.75) is 51.9 Å². The van der Waals surface area contributed by atoms with Crippen LogP contribution in [-0.4, -0.2) is 19.9 Å². The Morgan fingerprint density at radius 2 is 1.88 bits per heavy atom. The molecule has 0 aromatic carbocycles. The minimum absolute atomic E-state index is 0.325. The quantitative estimate of drug-likeness (QED) is 0.625. The van der Waals surface area contributed by atoms with Gasteiger partial charge in [0, 0.05) is 5.41 Å². The van der Waals surface area contributed by atoms with Crippen LogP contribution >= 0.6 is 11.8 Å². The van der Waals surface area contributed by atoms with Crippen LogP contribution in [0.25, 0.3) is 0 Å². The second-order valence-electron chi connectivity index (χ2n) is 4.32. The molecule has 1 aliphatic rings. The second-order valence-corrected chi connectivity index (χ2v) is 7.51. The summed E-state index contributed by atoms with van der Waals surface area (Å²) in [5, 5.41) is 1.47. The first-order chi connectivity index (χ1) is 7.64. The number of hydrogen-bond acceptors (Lipinski definition) is 3. The number of hydrogen-bond donors (Lipinski definition) is 0. The van der Waals surface area contributed by atoms with Crippen molar-refractivity contribution in [2.75, 3.05) is 11.5 Å². The molecule has 0 saturated carbocycles. The molecule has 0 bridgehead atoms. The molecule has 0 radical (unpaired) electrons. The van der Waals surface area contributed by atoms with Crippen LogP contribution in [-0.2, 0) is 9.84 Å². The van der Waals surface area contributed by atoms with E-state index in [2.05, 4.69) is 6.92 Å². The van der Waals surface area contributed by atoms with Crippen molar-refractivity contribution in [1.82, 2.24) is 0 Å². The van der Waals surface area contributed by atoms with E-state index >= 15 is 0 Å². The summed E-state index contributed by atoms with van der Waals surface area (Å²) in [6.07, 6.45) is 8.54. The molecule has 1 rings (SSSR count). The topological polar surface area (TPSA) is 34.1 Å². The summed E-state index contributed by atoms with van der Waals surface area (Å²) in [7, 11) is -2.83. The lowest BCUT2D eigenvalue weighted by Crippen LogP contribution is -1.92. The molecule has 0 unspecified atom stereocenters. The summed E-state index contributed by atoms with van der Waals surface area (Å²) in [5.74, 6) is 1.40. The van der Waals surface area contributed by atoms with E-state index in [0.29, 0.717) is 5.75 Å². The first-order valence-corrected chi connectivity index (χ1v) is 8.90. The minimum Gasteiger partial charge on any atom is -0.224 e. The van der Waals surface area contributed by atoms with E-state index < -0.39 is 9.84 Å². The normalized spacial score (nSPS) is 18.7. The molecular weight excluding hydrogens is 240 g/mol. The maximum absolute atomic E-state index is 11.2. The van der Waals surface area contributed by atoms with Gasteiger partial charge in [0.2, 0.25) is 0 Å². The van der Waals surface area contributed by atoms with Crippen LogP contribution in [0.1, 0.15) is 51.9 Å². The molecule has 0 aliphatic carbocycles. The maximum atomic E-state index is 11.2. The van der Waals surface area contributed by atoms with Gasteiger partial charge < -0.3 is 0 Å². The first kappa shape index (κ1) is 14.1. The summed E-state index contributed by atoms with van der Waals surface area (Å²) >= 11 is 1.73. The molecule has 0 atom stereocenters. The van der Waals surface area contributed by atoms with Crippen molar-refractivity contribution in [3.05, 3.63) is 10.3 Å². The number of rotatable bonds is 8. The highest BCUT2D eigenvalue weighted by Gasteiger charge is 2.17. The molecule has 0 saturated heterocycles. The van der Waals surface area contributed by atoms with Gasteiger partial charge in [-0.2, -0.15) is 0 Å². The molecular formula is C12H22O2S2. The van der Waals surface area contributed by atoms with Gasteiger partial charge >= 0.3 is 0 Å². The van der Waals surface area contributed by atoms with E-state index in [1.54, 1.807) is 11.8 Å². The summed E-state index contributed by atoms with van der Waals surface area (Å²) in [6, 6.07) is 0. The van der Waals surface area contributed by atoms with E-state index in [4.69, 9.17) is 0 Å². The monoisotopic (exact) mass is 262 g/mol. The Labute approximate surface area is 104 Å². The SMILES string of the molecule is CCCCCCCCSC1=CS(=O)(=O)CC1. The fourth-order valence-corrected chi connectivity index (χ4v) is 4.59. The van der Waals surface area contributed by atoms with Gasteiger partial charge in [-0.15, -0.1) is 11.8 Å². The lowest BCUT2D eigenvalue weighted by molar-refractivity contribution is 0.606. The van der Waals surface area contributed by atoms with Crippen LogP contribution in [0.2, 0.25) is 0 Å². The van der Waals surface area contributed by atoms with Crippen molar-refractivity contribution in [2.24, 2.45) is 0 Å². The maximum Gasteiger partial charge on any atom is 0.172 e. The van der Waals surface area contributed by atoms with Crippen LogP contribution in [0, 0.1) is 0 Å². The third-order valence-electron chi connectivity index (χ3n) is 2.73. The largest absolute Gasteiger partial charge is 0.224 e. The van der Waals surface area contributed by atoms with Crippen molar-refractivity contribution in [3.63, 3.8) is 0 Å². The summed E-state index contributed by atoms with van der Waals surface area (Å²) < 4.78 is 22.3. The van der Waals surface area contributed by atoms with E-state index in [9.17, 15) is 8.42 Å². The Morgan fingerprint density at radius 1 is 1.19 bits per heavy atom. The molecule has 0 amide bonds. The Kier molecular flexibility index (Phi) is 6.51. The summed E-state index contributed by atoms with van der Waals surface area (Å²) in [5.41, 5.74) is 0. The predicted octanol–water partition coefficient (Wildman–Crippen LogP) is 3.74. The van der Waals surface area contributed by atoms with Gasteiger partial charge in [0.15, 0.2) is 9.84 Å². The van der Waals surface area contributed by atoms with Gasteiger partial charge in [0.1, 0.15) is 0 Å². The first-order valence-electron chi connectivity index (χ1n) is 6.20. The molecule has 0 spiro atoms. The molecule has 1 heterocycles. The van der Waals surface area contributed by atoms with Crippen LogP contribution in [0.3, 0.4) is 0 Å². The van der Waals surface area contributed by atoms with Crippen LogP contribution < -0.4 is 0 Å². The third-order valence-corrected chi connectivity index (χ3v) is 5.48. The van der Waals surface area contributed by atoms with E-state index in [1.807, 2.05) is 0 Å². The Bertz CT molecular complexity index is 318. The number of allylic oxidation sites excluding steroid dienone is 1. The highest BCUT2D eigenvalue weighted by molar-refractivity contribution is 8.04. The molecule has 16 heavy (non-hydrogen) atoms. The summed E-state index contributed by atoms with van der Waals surface area (Å²) in [4.78, 5) is 1.06. The van der Waals surface area contributed by atoms with Crippen LogP contribution in [0.5, 0.6) is 0 Å². The smallest absolute Gasteiger partial charge is 0.172 e. The average Bonchev–Trinajstić information content (AvgIpc) is 2.57. The molecule has 0 N–H and O–H groups in total. The zero-order valence-electron chi connectivity index (χ0n) is 10.1. The molecule has 94 valence electrons. The average molecular weight is 262 g/mol. The highest BCUT2D eigenvalue weighted by atomic mass is 32.2. The lowest BCUT2D eigenvalue weighted by atomic mass is 10.1. The number of sulfone groups is 1. The van der Waals surface area contributed by atoms with Crippen molar-refractivity contribution in [1.29, 1.82) is 0 Å². The Balaban J connectivity index is 2.00. The molecule has 0 fully saturated rings. The van der Waals surface area contributed by atoms with Crippen LogP contribution in [0.4, 0.5) is 0 Å². The standard InChI is InChI=1S/C12H22O2S2/c1-2-3-4-5-6-7-9-15-12-8-10-16(13,14)11-12/h11H,2-10H2,1H3. The lowest BCUT2D eigenvalue weighted by Gasteiger charge is -2.01. The number of thioether (sulfide) groups is 1. The highest BCUT2D eigenvalue weighted by Crippen LogP contribution is 2.28. The fraction of sp³-hybridized carbons (Fsp3) is 0.833. The van der Waals surface area contributed by atoms with Crippen LogP contribution in [0.15, 0.2) is 10.3 Å². The van der Waals surface area contributed by atoms with Gasteiger partial charge in [0.05, 0.1) is 5.75 Å². The fourth-order valence-electron chi connectivity index (χ4n) is 1.75. The van der Waals surface area contributed by atoms with Gasteiger partial charge in [0.25, 0.3) is 0 Å². The summed E-state index contributed by atoms with van der Waals surface area (Å²) in [6.45, 7) is 2.23. The zero-order valence-corrected chi connectivity index (χ0v) is 11.7. The number of unbranched alkanes of at least 4 members (excludes halogenated alkanes) is 5. The Hall–Kier alpha value is 0.0400.